The molecule has 0 aliphatic rings. The number of hydrogen-bond acceptors (Lipinski definition) is 3. The zero-order valence-corrected chi connectivity index (χ0v) is 7.59. The van der Waals surface area contributed by atoms with E-state index in [-0.39, 0.29) is 0 Å². The molecule has 12 heavy (non-hydrogen) atoms. The zero-order valence-electron chi connectivity index (χ0n) is 7.59. The van der Waals surface area contributed by atoms with Gasteiger partial charge in [-0.2, -0.15) is 0 Å². The molecule has 1 aromatic rings. The van der Waals surface area contributed by atoms with E-state index >= 15 is 0 Å². The number of nitrogens with one attached hydrogen (secondary N) is 2. The summed E-state index contributed by atoms with van der Waals surface area (Å²) in [5.74, 6) is 0.922. The first-order valence-corrected chi connectivity index (χ1v) is 4.20. The van der Waals surface area contributed by atoms with Gasteiger partial charge in [-0.1, -0.05) is 6.92 Å². The molecular weight excluding hydrogens is 150 g/mol. The molecule has 0 aromatic carbocycles. The van der Waals surface area contributed by atoms with Crippen LogP contribution in [-0.4, -0.2) is 18.6 Å². The van der Waals surface area contributed by atoms with Crippen molar-refractivity contribution < 1.29 is 0 Å². The lowest BCUT2D eigenvalue weighted by atomic mass is 10.2. The van der Waals surface area contributed by atoms with Gasteiger partial charge in [0.2, 0.25) is 0 Å². The van der Waals surface area contributed by atoms with Crippen molar-refractivity contribution in [2.75, 3.05) is 18.9 Å². The van der Waals surface area contributed by atoms with Gasteiger partial charge in [0, 0.05) is 19.8 Å². The Morgan fingerprint density at radius 2 is 2.33 bits per heavy atom. The second-order valence-corrected chi connectivity index (χ2v) is 2.58. The smallest absolute Gasteiger partial charge is 0.125 e. The second kappa shape index (κ2) is 4.72. The Hall–Kier alpha value is -1.09. The Kier molecular flexibility index (Phi) is 3.54. The van der Waals surface area contributed by atoms with Crippen molar-refractivity contribution in [2.24, 2.45) is 0 Å². The molecule has 1 aromatic heterocycles. The topological polar surface area (TPSA) is 37.0 Å². The highest BCUT2D eigenvalue weighted by molar-refractivity contribution is 5.36. The molecule has 0 saturated carbocycles. The van der Waals surface area contributed by atoms with E-state index in [1.807, 2.05) is 25.4 Å². The van der Waals surface area contributed by atoms with Gasteiger partial charge in [0.1, 0.15) is 5.82 Å². The molecule has 0 fully saturated rings. The van der Waals surface area contributed by atoms with Crippen molar-refractivity contribution in [3.05, 3.63) is 23.9 Å². The summed E-state index contributed by atoms with van der Waals surface area (Å²) >= 11 is 0. The van der Waals surface area contributed by atoms with Crippen LogP contribution in [0.2, 0.25) is 0 Å². The second-order valence-electron chi connectivity index (χ2n) is 2.58. The van der Waals surface area contributed by atoms with Gasteiger partial charge >= 0.3 is 0 Å². The van der Waals surface area contributed by atoms with Crippen molar-refractivity contribution in [1.82, 2.24) is 10.3 Å². The van der Waals surface area contributed by atoms with Crippen molar-refractivity contribution >= 4 is 5.82 Å². The molecule has 3 nitrogen and oxygen atoms in total. The number of anilines is 1. The lowest BCUT2D eigenvalue weighted by Crippen LogP contribution is -2.11. The molecule has 0 aliphatic carbocycles. The van der Waals surface area contributed by atoms with Gasteiger partial charge in [-0.05, 0) is 24.2 Å². The molecule has 0 spiro atoms. The van der Waals surface area contributed by atoms with Crippen LogP contribution in [0.15, 0.2) is 18.3 Å². The average molecular weight is 165 g/mol. The fourth-order valence-corrected chi connectivity index (χ4v) is 0.990. The molecule has 3 heteroatoms. The molecule has 0 saturated heterocycles. The maximum Gasteiger partial charge on any atom is 0.125 e. The van der Waals surface area contributed by atoms with E-state index in [9.17, 15) is 0 Å². The molecule has 0 aliphatic heterocycles. The van der Waals surface area contributed by atoms with Crippen LogP contribution < -0.4 is 10.6 Å². The van der Waals surface area contributed by atoms with Crippen LogP contribution in [0.4, 0.5) is 5.82 Å². The Labute approximate surface area is 73.2 Å². The van der Waals surface area contributed by atoms with Crippen LogP contribution >= 0.6 is 0 Å². The van der Waals surface area contributed by atoms with Crippen molar-refractivity contribution in [1.29, 1.82) is 0 Å². The van der Waals surface area contributed by atoms with Gasteiger partial charge in [-0.3, -0.25) is 0 Å². The molecule has 66 valence electrons. The fourth-order valence-electron chi connectivity index (χ4n) is 0.990. The normalized spacial score (nSPS) is 9.83. The minimum Gasteiger partial charge on any atom is -0.373 e. The van der Waals surface area contributed by atoms with Crippen LogP contribution in [-0.2, 0) is 6.54 Å². The Balaban J connectivity index is 2.60. The van der Waals surface area contributed by atoms with E-state index in [1.165, 1.54) is 5.56 Å². The number of hydrogen-bond donors (Lipinski definition) is 2. The quantitative estimate of drug-likeness (QED) is 0.704. The van der Waals surface area contributed by atoms with Crippen LogP contribution in [0.5, 0.6) is 0 Å². The van der Waals surface area contributed by atoms with Crippen molar-refractivity contribution in [3.63, 3.8) is 0 Å². The molecule has 0 unspecified atom stereocenters. The third-order valence-electron chi connectivity index (χ3n) is 1.66. The summed E-state index contributed by atoms with van der Waals surface area (Å²) in [6.07, 6.45) is 1.82. The minimum atomic E-state index is 0.910. The van der Waals surface area contributed by atoms with Gasteiger partial charge < -0.3 is 10.6 Å². The number of nitrogens with zero attached hydrogens (tertiary/aromatic N) is 1. The SMILES string of the molecule is CCNCc1ccnc(NC)c1. The summed E-state index contributed by atoms with van der Waals surface area (Å²) in [6, 6.07) is 4.06. The van der Waals surface area contributed by atoms with Crippen LogP contribution in [0.3, 0.4) is 0 Å². The van der Waals surface area contributed by atoms with Gasteiger partial charge in [0.05, 0.1) is 0 Å². The lowest BCUT2D eigenvalue weighted by Gasteiger charge is -2.03. The van der Waals surface area contributed by atoms with Gasteiger partial charge in [0.25, 0.3) is 0 Å². The van der Waals surface area contributed by atoms with Crippen LogP contribution in [0.25, 0.3) is 0 Å². The summed E-state index contributed by atoms with van der Waals surface area (Å²) in [5, 5.41) is 6.27. The molecule has 0 bridgehead atoms. The monoisotopic (exact) mass is 165 g/mol. The Bertz CT molecular complexity index is 235. The molecule has 0 radical (unpaired) electrons. The highest BCUT2D eigenvalue weighted by Gasteiger charge is 1.93. The summed E-state index contributed by atoms with van der Waals surface area (Å²) < 4.78 is 0. The summed E-state index contributed by atoms with van der Waals surface area (Å²) in [5.41, 5.74) is 1.26. The Morgan fingerprint density at radius 3 is 3.00 bits per heavy atom. The van der Waals surface area contributed by atoms with Crippen molar-refractivity contribution in [3.8, 4) is 0 Å². The zero-order chi connectivity index (χ0) is 8.81. The summed E-state index contributed by atoms with van der Waals surface area (Å²) in [4.78, 5) is 4.13. The van der Waals surface area contributed by atoms with E-state index in [2.05, 4.69) is 22.5 Å². The highest BCUT2D eigenvalue weighted by Crippen LogP contribution is 2.04. The molecule has 1 rings (SSSR count). The van der Waals surface area contributed by atoms with Crippen molar-refractivity contribution in [2.45, 2.75) is 13.5 Å². The van der Waals surface area contributed by atoms with E-state index in [0.717, 1.165) is 18.9 Å². The third-order valence-corrected chi connectivity index (χ3v) is 1.66. The van der Waals surface area contributed by atoms with Crippen LogP contribution in [0, 0.1) is 0 Å². The Morgan fingerprint density at radius 1 is 1.50 bits per heavy atom. The third kappa shape index (κ3) is 2.51. The van der Waals surface area contributed by atoms with E-state index < -0.39 is 0 Å². The molecular formula is C9H15N3. The first-order chi connectivity index (χ1) is 5.86. The predicted molar refractivity (Wildman–Crippen MR) is 51.2 cm³/mol. The lowest BCUT2D eigenvalue weighted by molar-refractivity contribution is 0.726. The van der Waals surface area contributed by atoms with Gasteiger partial charge in [0.15, 0.2) is 0 Å². The van der Waals surface area contributed by atoms with Crippen LogP contribution in [0.1, 0.15) is 12.5 Å². The fraction of sp³-hybridized carbons (Fsp3) is 0.444. The maximum atomic E-state index is 4.13. The van der Waals surface area contributed by atoms with Gasteiger partial charge in [-0.25, -0.2) is 4.98 Å². The molecule has 0 atom stereocenters. The minimum absolute atomic E-state index is 0.910. The first kappa shape index (κ1) is 9.00. The molecule has 1 heterocycles. The molecule has 2 N–H and O–H groups in total. The predicted octanol–water partition coefficient (Wildman–Crippen LogP) is 1.23. The van der Waals surface area contributed by atoms with E-state index in [0.29, 0.717) is 0 Å². The standard InChI is InChI=1S/C9H15N3/c1-3-11-7-8-4-5-12-9(6-8)10-2/h4-6,11H,3,7H2,1-2H3,(H,10,12). The maximum absolute atomic E-state index is 4.13. The number of rotatable bonds is 4. The number of pyridine rings is 1. The molecule has 0 amide bonds. The largest absolute Gasteiger partial charge is 0.373 e. The van der Waals surface area contributed by atoms with E-state index in [1.54, 1.807) is 0 Å². The van der Waals surface area contributed by atoms with Gasteiger partial charge in [-0.15, -0.1) is 0 Å². The summed E-state index contributed by atoms with van der Waals surface area (Å²) in [6.45, 7) is 4.01. The summed E-state index contributed by atoms with van der Waals surface area (Å²) in [7, 11) is 1.87. The number of aromatic nitrogens is 1. The highest BCUT2D eigenvalue weighted by atomic mass is 14.9. The first-order valence-electron chi connectivity index (χ1n) is 4.20. The average Bonchev–Trinajstić information content (AvgIpc) is 2.15. The van der Waals surface area contributed by atoms with E-state index in [4.69, 9.17) is 0 Å².